The van der Waals surface area contributed by atoms with Gasteiger partial charge in [-0.1, -0.05) is 6.92 Å². The van der Waals surface area contributed by atoms with Crippen LogP contribution < -0.4 is 10.0 Å². The lowest BCUT2D eigenvalue weighted by atomic mass is 10.3. The first-order valence-electron chi connectivity index (χ1n) is 7.20. The normalized spacial score (nSPS) is 11.9. The van der Waals surface area contributed by atoms with Gasteiger partial charge in [-0.2, -0.15) is 5.10 Å². The van der Waals surface area contributed by atoms with Crippen molar-refractivity contribution in [1.82, 2.24) is 19.8 Å². The average Bonchev–Trinajstić information content (AvgIpc) is 2.79. The zero-order valence-corrected chi connectivity index (χ0v) is 13.2. The molecule has 1 rings (SSSR count). The molecule has 0 radical (unpaired) electrons. The van der Waals surface area contributed by atoms with Crippen molar-refractivity contribution in [3.05, 3.63) is 18.0 Å². The van der Waals surface area contributed by atoms with Crippen LogP contribution in [0.2, 0.25) is 0 Å². The number of hydrogen-bond donors (Lipinski definition) is 2. The van der Waals surface area contributed by atoms with Gasteiger partial charge < -0.3 is 5.32 Å². The number of sulfonamides is 1. The van der Waals surface area contributed by atoms with Gasteiger partial charge in [0.05, 0.1) is 18.5 Å². The minimum Gasteiger partial charge on any atom is -0.317 e. The summed E-state index contributed by atoms with van der Waals surface area (Å²) in [5, 5.41) is 7.37. The first-order valence-corrected chi connectivity index (χ1v) is 8.86. The molecule has 0 aromatic carbocycles. The van der Waals surface area contributed by atoms with Crippen LogP contribution >= 0.6 is 0 Å². The third-order valence-electron chi connectivity index (χ3n) is 2.87. The first kappa shape index (κ1) is 17.1. The second kappa shape index (κ2) is 9.10. The minimum absolute atomic E-state index is 0.193. The number of hydrogen-bond acceptors (Lipinski definition) is 4. The van der Waals surface area contributed by atoms with Crippen molar-refractivity contribution in [3.8, 4) is 0 Å². The Kier molecular flexibility index (Phi) is 7.79. The highest BCUT2D eigenvalue weighted by Gasteiger charge is 2.08. The number of aryl methyl sites for hydroxylation is 1. The monoisotopic (exact) mass is 302 g/mol. The van der Waals surface area contributed by atoms with Gasteiger partial charge in [0.2, 0.25) is 10.0 Å². The number of aromatic nitrogens is 2. The van der Waals surface area contributed by atoms with Crippen LogP contribution in [0.15, 0.2) is 12.4 Å². The Morgan fingerprint density at radius 1 is 1.25 bits per heavy atom. The molecule has 7 heteroatoms. The molecule has 20 heavy (non-hydrogen) atoms. The van der Waals surface area contributed by atoms with Crippen molar-refractivity contribution >= 4 is 10.0 Å². The molecular weight excluding hydrogens is 276 g/mol. The largest absolute Gasteiger partial charge is 0.317 e. The van der Waals surface area contributed by atoms with E-state index in [0.717, 1.165) is 31.5 Å². The highest BCUT2D eigenvalue weighted by molar-refractivity contribution is 7.89. The van der Waals surface area contributed by atoms with Crippen molar-refractivity contribution in [2.45, 2.75) is 39.7 Å². The molecule has 0 aliphatic rings. The highest BCUT2D eigenvalue weighted by atomic mass is 32.2. The number of nitrogens with zero attached hydrogens (tertiary/aromatic N) is 2. The second-order valence-corrected chi connectivity index (χ2v) is 6.88. The summed E-state index contributed by atoms with van der Waals surface area (Å²) in [6.45, 7) is 6.90. The fraction of sp³-hybridized carbons (Fsp3) is 0.769. The number of rotatable bonds is 11. The van der Waals surface area contributed by atoms with Gasteiger partial charge in [0.1, 0.15) is 0 Å². The van der Waals surface area contributed by atoms with Crippen molar-refractivity contribution in [2.75, 3.05) is 25.4 Å². The van der Waals surface area contributed by atoms with Crippen molar-refractivity contribution in [2.24, 2.45) is 0 Å². The molecule has 2 N–H and O–H groups in total. The summed E-state index contributed by atoms with van der Waals surface area (Å²) in [5.41, 5.74) is 1.08. The summed E-state index contributed by atoms with van der Waals surface area (Å²) in [7, 11) is -3.16. The molecule has 0 amide bonds. The summed E-state index contributed by atoms with van der Waals surface area (Å²) in [6.07, 6.45) is 6.34. The Morgan fingerprint density at radius 3 is 2.70 bits per heavy atom. The number of nitrogens with one attached hydrogen (secondary N) is 2. The van der Waals surface area contributed by atoms with Gasteiger partial charge in [-0.05, 0) is 44.8 Å². The van der Waals surface area contributed by atoms with Gasteiger partial charge in [0, 0.05) is 12.7 Å². The lowest BCUT2D eigenvalue weighted by Crippen LogP contribution is -2.30. The third-order valence-corrected chi connectivity index (χ3v) is 4.34. The molecule has 0 bridgehead atoms. The standard InChI is InChI=1S/C13H26N4O2S/c1-3-6-14-7-4-5-10-20(18,19)16-8-9-17-12-13(2)11-15-17/h11-12,14,16H,3-10H2,1-2H3. The zero-order valence-electron chi connectivity index (χ0n) is 12.4. The van der Waals surface area contributed by atoms with Gasteiger partial charge in [0.15, 0.2) is 0 Å². The first-order chi connectivity index (χ1) is 9.53. The summed E-state index contributed by atoms with van der Waals surface area (Å²) >= 11 is 0. The molecular formula is C13H26N4O2S. The van der Waals surface area contributed by atoms with Crippen molar-refractivity contribution < 1.29 is 8.42 Å². The molecule has 0 spiro atoms. The van der Waals surface area contributed by atoms with E-state index < -0.39 is 10.0 Å². The molecule has 0 unspecified atom stereocenters. The van der Waals surface area contributed by atoms with Crippen LogP contribution in [0, 0.1) is 6.92 Å². The molecule has 0 fully saturated rings. The Bertz CT molecular complexity index is 470. The fourth-order valence-electron chi connectivity index (χ4n) is 1.82. The molecule has 0 saturated heterocycles. The smallest absolute Gasteiger partial charge is 0.211 e. The molecule has 0 saturated carbocycles. The SMILES string of the molecule is CCCNCCCCS(=O)(=O)NCCn1cc(C)cn1. The van der Waals surface area contributed by atoms with Gasteiger partial charge in [-0.25, -0.2) is 13.1 Å². The molecule has 1 aromatic heterocycles. The molecule has 1 aromatic rings. The van der Waals surface area contributed by atoms with Gasteiger partial charge >= 0.3 is 0 Å². The van der Waals surface area contributed by atoms with Crippen LogP contribution in [0.3, 0.4) is 0 Å². The van der Waals surface area contributed by atoms with Crippen LogP contribution in [-0.4, -0.2) is 43.6 Å². The van der Waals surface area contributed by atoms with Crippen LogP contribution in [0.1, 0.15) is 31.7 Å². The lowest BCUT2D eigenvalue weighted by molar-refractivity contribution is 0.555. The van der Waals surface area contributed by atoms with Crippen molar-refractivity contribution in [3.63, 3.8) is 0 Å². The molecule has 0 aliphatic carbocycles. The van der Waals surface area contributed by atoms with Crippen LogP contribution in [-0.2, 0) is 16.6 Å². The molecule has 0 aliphatic heterocycles. The predicted octanol–water partition coefficient (Wildman–Crippen LogP) is 0.891. The van der Waals surface area contributed by atoms with Gasteiger partial charge in [-0.3, -0.25) is 4.68 Å². The van der Waals surface area contributed by atoms with E-state index in [2.05, 4.69) is 22.1 Å². The summed E-state index contributed by atoms with van der Waals surface area (Å²) < 4.78 is 27.9. The number of unbranched alkanes of at least 4 members (excludes halogenated alkanes) is 1. The maximum Gasteiger partial charge on any atom is 0.211 e. The second-order valence-electron chi connectivity index (χ2n) is 4.95. The Labute approximate surface area is 122 Å². The maximum atomic E-state index is 11.8. The average molecular weight is 302 g/mol. The summed E-state index contributed by atoms with van der Waals surface area (Å²) in [5.74, 6) is 0.193. The summed E-state index contributed by atoms with van der Waals surface area (Å²) in [6, 6.07) is 0. The Morgan fingerprint density at radius 2 is 2.05 bits per heavy atom. The van der Waals surface area contributed by atoms with E-state index in [1.807, 2.05) is 13.1 Å². The molecule has 6 nitrogen and oxygen atoms in total. The summed E-state index contributed by atoms with van der Waals surface area (Å²) in [4.78, 5) is 0. The lowest BCUT2D eigenvalue weighted by Gasteiger charge is -2.07. The topological polar surface area (TPSA) is 76.0 Å². The Hall–Kier alpha value is -0.920. The predicted molar refractivity (Wildman–Crippen MR) is 81.1 cm³/mol. The van der Waals surface area contributed by atoms with E-state index in [1.165, 1.54) is 0 Å². The Balaban J connectivity index is 2.11. The van der Waals surface area contributed by atoms with E-state index in [9.17, 15) is 8.42 Å². The van der Waals surface area contributed by atoms with Gasteiger partial charge in [0.25, 0.3) is 0 Å². The van der Waals surface area contributed by atoms with Crippen molar-refractivity contribution in [1.29, 1.82) is 0 Å². The molecule has 1 heterocycles. The van der Waals surface area contributed by atoms with E-state index in [1.54, 1.807) is 10.9 Å². The molecule has 0 atom stereocenters. The van der Waals surface area contributed by atoms with E-state index in [-0.39, 0.29) is 5.75 Å². The van der Waals surface area contributed by atoms with Gasteiger partial charge in [-0.15, -0.1) is 0 Å². The fourth-order valence-corrected chi connectivity index (χ4v) is 2.95. The highest BCUT2D eigenvalue weighted by Crippen LogP contribution is 1.96. The van der Waals surface area contributed by atoms with Crippen LogP contribution in [0.5, 0.6) is 0 Å². The van der Waals surface area contributed by atoms with E-state index in [0.29, 0.717) is 19.5 Å². The quantitative estimate of drug-likeness (QED) is 0.595. The minimum atomic E-state index is -3.16. The van der Waals surface area contributed by atoms with Crippen LogP contribution in [0.4, 0.5) is 0 Å². The maximum absolute atomic E-state index is 11.8. The van der Waals surface area contributed by atoms with Crippen LogP contribution in [0.25, 0.3) is 0 Å². The molecule has 116 valence electrons. The zero-order chi connectivity index (χ0) is 14.8. The third kappa shape index (κ3) is 7.62. The van der Waals surface area contributed by atoms with E-state index in [4.69, 9.17) is 0 Å². The van der Waals surface area contributed by atoms with E-state index >= 15 is 0 Å².